The fourth-order valence-electron chi connectivity index (χ4n) is 13.0. The molecule has 0 spiro atoms. The van der Waals surface area contributed by atoms with Crippen LogP contribution in [-0.2, 0) is 0 Å². The summed E-state index contributed by atoms with van der Waals surface area (Å²) in [6.45, 7) is 0. The lowest BCUT2D eigenvalue weighted by Gasteiger charge is -2.13. The van der Waals surface area contributed by atoms with Crippen molar-refractivity contribution in [2.24, 2.45) is 0 Å². The molecule has 17 rings (SSSR count). The summed E-state index contributed by atoms with van der Waals surface area (Å²) in [5.74, 6) is 1.80. The average molecular weight is 1050 g/mol. The molecule has 0 bridgehead atoms. The van der Waals surface area contributed by atoms with Crippen LogP contribution in [0.1, 0.15) is 0 Å². The van der Waals surface area contributed by atoms with Crippen molar-refractivity contribution in [2.75, 3.05) is 0 Å². The third-order valence-corrected chi connectivity index (χ3v) is 16.6. The Bertz CT molecular complexity index is 4990. The summed E-state index contributed by atoms with van der Waals surface area (Å²) in [6.07, 6.45) is 0. The molecule has 5 heterocycles. The molecule has 7 heteroatoms. The minimum Gasteiger partial charge on any atom is -0.309 e. The van der Waals surface area contributed by atoms with Gasteiger partial charge in [0, 0.05) is 82.5 Å². The summed E-state index contributed by atoms with van der Waals surface area (Å²) in [4.78, 5) is 15.9. The van der Waals surface area contributed by atoms with E-state index in [1.165, 1.54) is 65.2 Å². The van der Waals surface area contributed by atoms with Gasteiger partial charge in [-0.1, -0.05) is 164 Å². The van der Waals surface area contributed by atoms with Gasteiger partial charge in [-0.25, -0.2) is 15.0 Å². The SMILES string of the molecule is c1ccc(-c2ccccc2-c2nc(-c3ccc(-n4c5ccccc5c5cc(-n6c7ccccc7c7ccccc76)ccc54)cc3)nc(-c3ccc(-n4c5ccccc5c5cc(-n6c7ccccc7c7ccccc76)ccc54)cc3)n2)cc1. The van der Waals surface area contributed by atoms with Gasteiger partial charge in [0.05, 0.1) is 44.1 Å². The minimum atomic E-state index is 0.595. The van der Waals surface area contributed by atoms with E-state index in [4.69, 9.17) is 15.0 Å². The molecule has 382 valence electrons. The molecule has 0 atom stereocenters. The first-order chi connectivity index (χ1) is 40.7. The van der Waals surface area contributed by atoms with E-state index in [-0.39, 0.29) is 0 Å². The molecule has 82 heavy (non-hydrogen) atoms. The molecule has 0 fully saturated rings. The predicted octanol–water partition coefficient (Wildman–Crippen LogP) is 18.9. The summed E-state index contributed by atoms with van der Waals surface area (Å²) in [7, 11) is 0. The van der Waals surface area contributed by atoms with E-state index < -0.39 is 0 Å². The number of hydrogen-bond donors (Lipinski definition) is 0. The van der Waals surface area contributed by atoms with Crippen LogP contribution in [0.25, 0.3) is 155 Å². The predicted molar refractivity (Wildman–Crippen MR) is 339 cm³/mol. The van der Waals surface area contributed by atoms with Crippen molar-refractivity contribution in [1.82, 2.24) is 33.2 Å². The largest absolute Gasteiger partial charge is 0.309 e. The van der Waals surface area contributed by atoms with Crippen LogP contribution < -0.4 is 0 Å². The number of nitrogens with zero attached hydrogens (tertiary/aromatic N) is 7. The maximum absolute atomic E-state index is 5.30. The van der Waals surface area contributed by atoms with Crippen LogP contribution in [0.15, 0.2) is 285 Å². The third-order valence-electron chi connectivity index (χ3n) is 16.6. The maximum atomic E-state index is 5.30. The molecular formula is C75H47N7. The molecule has 12 aromatic carbocycles. The van der Waals surface area contributed by atoms with Gasteiger partial charge in [-0.2, -0.15) is 0 Å². The van der Waals surface area contributed by atoms with Crippen molar-refractivity contribution < 1.29 is 0 Å². The number of benzene rings is 12. The minimum absolute atomic E-state index is 0.595. The number of fused-ring (bicyclic) bond motifs is 12. The van der Waals surface area contributed by atoms with Gasteiger partial charge in [0.25, 0.3) is 0 Å². The number of aromatic nitrogens is 7. The van der Waals surface area contributed by atoms with Gasteiger partial charge < -0.3 is 18.3 Å². The molecule has 0 aliphatic heterocycles. The van der Waals surface area contributed by atoms with Gasteiger partial charge in [0.2, 0.25) is 0 Å². The molecule has 0 N–H and O–H groups in total. The second-order valence-corrected chi connectivity index (χ2v) is 21.2. The Morgan fingerprint density at radius 2 is 0.463 bits per heavy atom. The fraction of sp³-hybridized carbons (Fsp3) is 0. The summed E-state index contributed by atoms with van der Waals surface area (Å²) in [5.41, 5.74) is 18.5. The van der Waals surface area contributed by atoms with Gasteiger partial charge in [-0.15, -0.1) is 0 Å². The zero-order chi connectivity index (χ0) is 53.8. The number of para-hydroxylation sites is 6. The Morgan fingerprint density at radius 3 is 0.854 bits per heavy atom. The van der Waals surface area contributed by atoms with E-state index >= 15 is 0 Å². The molecule has 0 saturated heterocycles. The molecule has 17 aromatic rings. The molecular weight excluding hydrogens is 999 g/mol. The fourth-order valence-corrected chi connectivity index (χ4v) is 13.0. The van der Waals surface area contributed by atoms with E-state index in [2.05, 4.69) is 297 Å². The van der Waals surface area contributed by atoms with Gasteiger partial charge in [-0.05, 0) is 132 Å². The number of rotatable bonds is 8. The Balaban J connectivity index is 0.773. The van der Waals surface area contributed by atoms with Crippen molar-refractivity contribution in [2.45, 2.75) is 0 Å². The van der Waals surface area contributed by atoms with Crippen LogP contribution in [-0.4, -0.2) is 33.2 Å². The monoisotopic (exact) mass is 1050 g/mol. The second-order valence-electron chi connectivity index (χ2n) is 21.2. The summed E-state index contributed by atoms with van der Waals surface area (Å²) in [5, 5.41) is 9.77. The molecule has 0 unspecified atom stereocenters. The van der Waals surface area contributed by atoms with E-state index in [1.54, 1.807) is 0 Å². The van der Waals surface area contributed by atoms with Crippen LogP contribution in [0.5, 0.6) is 0 Å². The lowest BCUT2D eigenvalue weighted by Crippen LogP contribution is -2.02. The highest BCUT2D eigenvalue weighted by Gasteiger charge is 2.21. The first-order valence-electron chi connectivity index (χ1n) is 27.8. The van der Waals surface area contributed by atoms with Crippen molar-refractivity contribution in [3.8, 4) is 68.0 Å². The molecule has 0 amide bonds. The summed E-state index contributed by atoms with van der Waals surface area (Å²) >= 11 is 0. The Kier molecular flexibility index (Phi) is 10.2. The van der Waals surface area contributed by atoms with E-state index in [0.29, 0.717) is 17.5 Å². The van der Waals surface area contributed by atoms with E-state index in [1.807, 2.05) is 6.07 Å². The molecule has 0 aliphatic carbocycles. The summed E-state index contributed by atoms with van der Waals surface area (Å²) in [6, 6.07) is 102. The highest BCUT2D eigenvalue weighted by molar-refractivity contribution is 6.14. The summed E-state index contributed by atoms with van der Waals surface area (Å²) < 4.78 is 9.52. The standard InChI is InChI=1S/C75H47N7/c1-2-18-48(19-3-1)55-20-4-5-27-62(55)75-77-73(49-34-38-51(39-35-49)79-69-32-16-10-25-60(69)63-46-53(42-44-71(63)79)81-65-28-12-6-21-56(65)57-22-7-13-29-66(57)81)76-74(78-75)50-36-40-52(41-37-50)80-70-33-17-11-26-61(70)64-47-54(43-45-72(64)80)82-67-30-14-8-23-58(67)59-24-9-15-31-68(59)82/h1-47H. The first-order valence-corrected chi connectivity index (χ1v) is 27.8. The van der Waals surface area contributed by atoms with Gasteiger partial charge in [0.15, 0.2) is 17.5 Å². The first kappa shape index (κ1) is 45.8. The topological polar surface area (TPSA) is 58.4 Å². The van der Waals surface area contributed by atoms with Crippen LogP contribution in [0.3, 0.4) is 0 Å². The smallest absolute Gasteiger partial charge is 0.164 e. The van der Waals surface area contributed by atoms with Gasteiger partial charge in [0.1, 0.15) is 0 Å². The van der Waals surface area contributed by atoms with Gasteiger partial charge >= 0.3 is 0 Å². The van der Waals surface area contributed by atoms with E-state index in [0.717, 1.165) is 72.6 Å². The molecule has 7 nitrogen and oxygen atoms in total. The maximum Gasteiger partial charge on any atom is 0.164 e. The zero-order valence-corrected chi connectivity index (χ0v) is 44.3. The van der Waals surface area contributed by atoms with Crippen molar-refractivity contribution in [1.29, 1.82) is 0 Å². The van der Waals surface area contributed by atoms with Crippen LogP contribution in [0, 0.1) is 0 Å². The number of hydrogen-bond acceptors (Lipinski definition) is 3. The lowest BCUT2D eigenvalue weighted by molar-refractivity contribution is 1.07. The molecule has 0 saturated carbocycles. The van der Waals surface area contributed by atoms with Gasteiger partial charge in [-0.3, -0.25) is 0 Å². The normalized spacial score (nSPS) is 11.9. The average Bonchev–Trinajstić information content (AvgIpc) is 4.48. The van der Waals surface area contributed by atoms with E-state index in [9.17, 15) is 0 Å². The molecule has 0 aliphatic rings. The van der Waals surface area contributed by atoms with Crippen molar-refractivity contribution in [3.63, 3.8) is 0 Å². The van der Waals surface area contributed by atoms with Crippen LogP contribution in [0.4, 0.5) is 0 Å². The Labute approximate surface area is 471 Å². The molecule has 0 radical (unpaired) electrons. The van der Waals surface area contributed by atoms with Crippen LogP contribution in [0.2, 0.25) is 0 Å². The Morgan fingerprint density at radius 1 is 0.183 bits per heavy atom. The quantitative estimate of drug-likeness (QED) is 0.152. The third kappa shape index (κ3) is 7.06. The van der Waals surface area contributed by atoms with Crippen molar-refractivity contribution >= 4 is 87.2 Å². The highest BCUT2D eigenvalue weighted by atomic mass is 15.0. The second kappa shape index (κ2) is 18.2. The zero-order valence-electron chi connectivity index (χ0n) is 44.3. The van der Waals surface area contributed by atoms with Crippen molar-refractivity contribution in [3.05, 3.63) is 285 Å². The molecule has 5 aromatic heterocycles. The highest BCUT2D eigenvalue weighted by Crippen LogP contribution is 2.41. The van der Waals surface area contributed by atoms with Crippen LogP contribution >= 0.6 is 0 Å². The lowest BCUT2D eigenvalue weighted by atomic mass is 9.99. The Hall–Kier alpha value is -11.2.